The van der Waals surface area contributed by atoms with Gasteiger partial charge in [0.15, 0.2) is 5.78 Å². The Bertz CT molecular complexity index is 173. The summed E-state index contributed by atoms with van der Waals surface area (Å²) >= 11 is 0. The van der Waals surface area contributed by atoms with Crippen molar-refractivity contribution in [3.05, 3.63) is 0 Å². The average Bonchev–Trinajstić information content (AvgIpc) is 2.24. The van der Waals surface area contributed by atoms with Crippen LogP contribution in [0.25, 0.3) is 0 Å². The summed E-state index contributed by atoms with van der Waals surface area (Å²) in [6.45, 7) is 3.17. The summed E-state index contributed by atoms with van der Waals surface area (Å²) in [5, 5.41) is 0. The molecule has 0 fully saturated rings. The summed E-state index contributed by atoms with van der Waals surface area (Å²) in [5.41, 5.74) is 5.78. The maximum Gasteiger partial charge on any atom is 0.152 e. The van der Waals surface area contributed by atoms with Crippen LogP contribution in [0, 0.1) is 5.92 Å². The van der Waals surface area contributed by atoms with Crippen molar-refractivity contribution in [1.29, 1.82) is 0 Å². The van der Waals surface area contributed by atoms with Gasteiger partial charge in [-0.15, -0.1) is 0 Å². The molecule has 0 spiro atoms. The van der Waals surface area contributed by atoms with Crippen LogP contribution in [-0.4, -0.2) is 39.3 Å². The molecular formula is C11H23NO3. The van der Waals surface area contributed by atoms with Crippen LogP contribution in [-0.2, 0) is 14.3 Å². The summed E-state index contributed by atoms with van der Waals surface area (Å²) in [7, 11) is 3.28. The molecule has 15 heavy (non-hydrogen) atoms. The van der Waals surface area contributed by atoms with Gasteiger partial charge in [0.25, 0.3) is 0 Å². The van der Waals surface area contributed by atoms with E-state index in [0.717, 1.165) is 12.8 Å². The van der Waals surface area contributed by atoms with E-state index >= 15 is 0 Å². The van der Waals surface area contributed by atoms with Crippen LogP contribution in [0.5, 0.6) is 0 Å². The fourth-order valence-electron chi connectivity index (χ4n) is 1.39. The zero-order valence-corrected chi connectivity index (χ0v) is 9.99. The Morgan fingerprint density at radius 1 is 1.20 bits per heavy atom. The van der Waals surface area contributed by atoms with Gasteiger partial charge in [-0.25, -0.2) is 0 Å². The van der Waals surface area contributed by atoms with Crippen LogP contribution in [0.4, 0.5) is 0 Å². The molecular weight excluding hydrogens is 194 g/mol. The fourth-order valence-corrected chi connectivity index (χ4v) is 1.39. The highest BCUT2D eigenvalue weighted by atomic mass is 16.5. The molecule has 0 saturated heterocycles. The lowest BCUT2D eigenvalue weighted by Gasteiger charge is -2.15. The van der Waals surface area contributed by atoms with Crippen molar-refractivity contribution in [2.24, 2.45) is 11.7 Å². The standard InChI is InChI=1S/C11H23NO3/c1-9(6-8-15-3)11(13)10(12)5-4-7-14-2/h9-10H,4-8,12H2,1-3H3. The first kappa shape index (κ1) is 14.6. The van der Waals surface area contributed by atoms with E-state index in [0.29, 0.717) is 19.6 Å². The molecule has 0 radical (unpaired) electrons. The highest BCUT2D eigenvalue weighted by Gasteiger charge is 2.19. The van der Waals surface area contributed by atoms with Crippen molar-refractivity contribution >= 4 is 5.78 Å². The molecule has 0 aliphatic heterocycles. The molecule has 0 amide bonds. The molecule has 0 aromatic carbocycles. The fraction of sp³-hybridized carbons (Fsp3) is 0.909. The van der Waals surface area contributed by atoms with Crippen molar-refractivity contribution in [3.8, 4) is 0 Å². The van der Waals surface area contributed by atoms with Crippen molar-refractivity contribution in [2.75, 3.05) is 27.4 Å². The van der Waals surface area contributed by atoms with Crippen molar-refractivity contribution in [2.45, 2.75) is 32.2 Å². The minimum Gasteiger partial charge on any atom is -0.385 e. The smallest absolute Gasteiger partial charge is 0.152 e. The largest absolute Gasteiger partial charge is 0.385 e. The highest BCUT2D eigenvalue weighted by molar-refractivity contribution is 5.85. The second-order valence-corrected chi connectivity index (χ2v) is 3.83. The number of rotatable bonds is 9. The quantitative estimate of drug-likeness (QED) is 0.585. The van der Waals surface area contributed by atoms with Crippen molar-refractivity contribution < 1.29 is 14.3 Å². The normalized spacial score (nSPS) is 14.9. The maximum absolute atomic E-state index is 11.7. The number of methoxy groups -OCH3 is 2. The molecule has 0 aliphatic rings. The SMILES string of the molecule is COCCCC(N)C(=O)C(C)CCOC. The van der Waals surface area contributed by atoms with Crippen molar-refractivity contribution in [1.82, 2.24) is 0 Å². The third kappa shape index (κ3) is 6.60. The average molecular weight is 217 g/mol. The Kier molecular flexibility index (Phi) is 8.56. The van der Waals surface area contributed by atoms with Gasteiger partial charge in [0.05, 0.1) is 6.04 Å². The van der Waals surface area contributed by atoms with E-state index in [-0.39, 0.29) is 17.7 Å². The van der Waals surface area contributed by atoms with Crippen LogP contribution in [0.1, 0.15) is 26.2 Å². The van der Waals surface area contributed by atoms with Gasteiger partial charge in [-0.05, 0) is 19.3 Å². The second-order valence-electron chi connectivity index (χ2n) is 3.83. The molecule has 2 atom stereocenters. The van der Waals surface area contributed by atoms with Gasteiger partial charge in [-0.2, -0.15) is 0 Å². The molecule has 90 valence electrons. The van der Waals surface area contributed by atoms with E-state index in [9.17, 15) is 4.79 Å². The molecule has 2 N–H and O–H groups in total. The summed E-state index contributed by atoms with van der Waals surface area (Å²) in [6.07, 6.45) is 2.28. The third-order valence-electron chi connectivity index (χ3n) is 2.47. The minimum atomic E-state index is -0.355. The van der Waals surface area contributed by atoms with Gasteiger partial charge in [0.1, 0.15) is 0 Å². The number of nitrogens with two attached hydrogens (primary N) is 1. The van der Waals surface area contributed by atoms with E-state index in [1.807, 2.05) is 6.92 Å². The zero-order chi connectivity index (χ0) is 11.7. The number of carbonyl (C=O) groups excluding carboxylic acids is 1. The van der Waals surface area contributed by atoms with Crippen LogP contribution >= 0.6 is 0 Å². The molecule has 0 bridgehead atoms. The van der Waals surface area contributed by atoms with Gasteiger partial charge in [0.2, 0.25) is 0 Å². The third-order valence-corrected chi connectivity index (χ3v) is 2.47. The molecule has 0 heterocycles. The van der Waals surface area contributed by atoms with Crippen molar-refractivity contribution in [3.63, 3.8) is 0 Å². The first-order valence-corrected chi connectivity index (χ1v) is 5.40. The van der Waals surface area contributed by atoms with Crippen LogP contribution in [0.2, 0.25) is 0 Å². The molecule has 4 heteroatoms. The topological polar surface area (TPSA) is 61.5 Å². The van der Waals surface area contributed by atoms with Crippen LogP contribution < -0.4 is 5.73 Å². The molecule has 0 saturated carbocycles. The lowest BCUT2D eigenvalue weighted by atomic mass is 9.95. The number of hydrogen-bond acceptors (Lipinski definition) is 4. The summed E-state index contributed by atoms with van der Waals surface area (Å²) in [6, 6.07) is -0.355. The van der Waals surface area contributed by atoms with E-state index in [1.54, 1.807) is 14.2 Å². The number of ketones is 1. The van der Waals surface area contributed by atoms with E-state index in [2.05, 4.69) is 0 Å². The number of hydrogen-bond donors (Lipinski definition) is 1. The first-order valence-electron chi connectivity index (χ1n) is 5.40. The van der Waals surface area contributed by atoms with Gasteiger partial charge in [-0.3, -0.25) is 4.79 Å². The Hall–Kier alpha value is -0.450. The Balaban J connectivity index is 3.75. The number of carbonyl (C=O) groups is 1. The summed E-state index contributed by atoms with van der Waals surface area (Å²) in [4.78, 5) is 11.7. The summed E-state index contributed by atoms with van der Waals surface area (Å²) in [5.74, 6) is 0.116. The van der Waals surface area contributed by atoms with Crippen LogP contribution in [0.15, 0.2) is 0 Å². The predicted octanol–water partition coefficient (Wildman–Crippen LogP) is 0.982. The molecule has 0 aromatic rings. The Labute approximate surface area is 92.1 Å². The molecule has 0 rings (SSSR count). The van der Waals surface area contributed by atoms with Gasteiger partial charge in [-0.1, -0.05) is 6.92 Å². The summed E-state index contributed by atoms with van der Waals surface area (Å²) < 4.78 is 9.84. The highest BCUT2D eigenvalue weighted by Crippen LogP contribution is 2.08. The Morgan fingerprint density at radius 2 is 1.80 bits per heavy atom. The van der Waals surface area contributed by atoms with Gasteiger partial charge >= 0.3 is 0 Å². The molecule has 4 nitrogen and oxygen atoms in total. The monoisotopic (exact) mass is 217 g/mol. The van der Waals surface area contributed by atoms with E-state index in [4.69, 9.17) is 15.2 Å². The van der Waals surface area contributed by atoms with E-state index < -0.39 is 0 Å². The van der Waals surface area contributed by atoms with Crippen LogP contribution in [0.3, 0.4) is 0 Å². The van der Waals surface area contributed by atoms with Gasteiger partial charge < -0.3 is 15.2 Å². The predicted molar refractivity (Wildman–Crippen MR) is 59.7 cm³/mol. The maximum atomic E-state index is 11.7. The molecule has 2 unspecified atom stereocenters. The molecule has 0 aliphatic carbocycles. The minimum absolute atomic E-state index is 0.0116. The lowest BCUT2D eigenvalue weighted by Crippen LogP contribution is -2.35. The molecule has 0 aromatic heterocycles. The van der Waals surface area contributed by atoms with Gasteiger partial charge in [0, 0.05) is 33.4 Å². The lowest BCUT2D eigenvalue weighted by molar-refractivity contribution is -0.124. The Morgan fingerprint density at radius 3 is 2.33 bits per heavy atom. The number of Topliss-reactive ketones (excluding diaryl/α,β-unsaturated/α-hetero) is 1. The number of ether oxygens (including phenoxy) is 2. The first-order chi connectivity index (χ1) is 7.13. The zero-order valence-electron chi connectivity index (χ0n) is 9.99. The second kappa shape index (κ2) is 8.83. The van der Waals surface area contributed by atoms with E-state index in [1.165, 1.54) is 0 Å².